The number of carbonyl (C=O) groups excluding carboxylic acids is 1. The van der Waals surface area contributed by atoms with E-state index in [0.29, 0.717) is 24.3 Å². The highest BCUT2D eigenvalue weighted by atomic mass is 32.1. The van der Waals surface area contributed by atoms with E-state index in [1.165, 1.54) is 0 Å². The molecule has 1 fully saturated rings. The number of amides is 1. The Bertz CT molecular complexity index is 841. The molecule has 0 bridgehead atoms. The Morgan fingerprint density at radius 3 is 2.96 bits per heavy atom. The average Bonchev–Trinajstić information content (AvgIpc) is 2.89. The van der Waals surface area contributed by atoms with Crippen LogP contribution in [0.5, 0.6) is 0 Å². The highest BCUT2D eigenvalue weighted by Crippen LogP contribution is 2.29. The fourth-order valence-corrected chi connectivity index (χ4v) is 4.57. The number of nitrogens with one attached hydrogen (secondary N) is 2. The van der Waals surface area contributed by atoms with Gasteiger partial charge in [0, 0.05) is 18.0 Å². The molecule has 3 heterocycles. The molecule has 1 aliphatic rings. The summed E-state index contributed by atoms with van der Waals surface area (Å²) in [6.07, 6.45) is 1.90. The Hall–Kier alpha value is -1.73. The van der Waals surface area contributed by atoms with Gasteiger partial charge in [-0.2, -0.15) is 0 Å². The van der Waals surface area contributed by atoms with Gasteiger partial charge in [-0.1, -0.05) is 0 Å². The fraction of sp³-hybridized carbons (Fsp3) is 0.611. The number of aromatic amines is 1. The molecule has 0 radical (unpaired) electrons. The van der Waals surface area contributed by atoms with Gasteiger partial charge in [0.15, 0.2) is 0 Å². The lowest BCUT2D eigenvalue weighted by atomic mass is 9.96. The Balaban J connectivity index is 1.85. The van der Waals surface area contributed by atoms with E-state index in [4.69, 9.17) is 4.98 Å². The molecule has 0 aromatic carbocycles. The second kappa shape index (κ2) is 7.25. The first-order chi connectivity index (χ1) is 11.9. The number of carbonyl (C=O) groups is 1. The first-order valence-corrected chi connectivity index (χ1v) is 9.75. The van der Waals surface area contributed by atoms with Gasteiger partial charge in [-0.25, -0.2) is 4.98 Å². The van der Waals surface area contributed by atoms with E-state index >= 15 is 0 Å². The second-order valence-corrected chi connectivity index (χ2v) is 8.02. The zero-order valence-corrected chi connectivity index (χ0v) is 16.1. The van der Waals surface area contributed by atoms with Gasteiger partial charge in [-0.3, -0.25) is 14.5 Å². The number of H-pyrrole nitrogens is 1. The van der Waals surface area contributed by atoms with Crippen molar-refractivity contribution in [2.24, 2.45) is 5.92 Å². The Morgan fingerprint density at radius 1 is 1.48 bits per heavy atom. The molecule has 7 heteroatoms. The molecule has 25 heavy (non-hydrogen) atoms. The van der Waals surface area contributed by atoms with Gasteiger partial charge < -0.3 is 10.3 Å². The van der Waals surface area contributed by atoms with E-state index in [1.54, 1.807) is 11.3 Å². The van der Waals surface area contributed by atoms with Crippen molar-refractivity contribution in [3.05, 3.63) is 26.6 Å². The molecule has 2 N–H and O–H groups in total. The van der Waals surface area contributed by atoms with Crippen molar-refractivity contribution >= 4 is 27.5 Å². The van der Waals surface area contributed by atoms with Crippen LogP contribution in [0.1, 0.15) is 49.0 Å². The number of aryl methyl sites for hydroxylation is 2. The number of nitrogens with zero attached hydrogens (tertiary/aromatic N) is 2. The maximum atomic E-state index is 12.5. The SMILES string of the molecule is CCNC(=O)C1CCCN(C(C)c2nc3sc(C)c(C)c3c(=O)[nH]2)C1. The summed E-state index contributed by atoms with van der Waals surface area (Å²) in [4.78, 5) is 36.5. The molecular weight excluding hydrogens is 336 g/mol. The largest absolute Gasteiger partial charge is 0.356 e. The summed E-state index contributed by atoms with van der Waals surface area (Å²) in [5.74, 6) is 0.828. The van der Waals surface area contributed by atoms with Crippen LogP contribution in [0.4, 0.5) is 0 Å². The van der Waals surface area contributed by atoms with E-state index < -0.39 is 0 Å². The molecule has 136 valence electrons. The molecule has 3 rings (SSSR count). The first-order valence-electron chi connectivity index (χ1n) is 8.94. The molecule has 1 aliphatic heterocycles. The number of aromatic nitrogens is 2. The third kappa shape index (κ3) is 3.48. The quantitative estimate of drug-likeness (QED) is 0.876. The van der Waals surface area contributed by atoms with Crippen molar-refractivity contribution in [3.63, 3.8) is 0 Å². The third-order valence-corrected chi connectivity index (χ3v) is 6.28. The van der Waals surface area contributed by atoms with Crippen molar-refractivity contribution < 1.29 is 4.79 Å². The molecule has 0 spiro atoms. The number of hydrogen-bond donors (Lipinski definition) is 2. The third-order valence-electron chi connectivity index (χ3n) is 5.18. The van der Waals surface area contributed by atoms with Gasteiger partial charge in [-0.05, 0) is 52.6 Å². The molecule has 2 aromatic rings. The summed E-state index contributed by atoms with van der Waals surface area (Å²) in [5, 5.41) is 3.63. The van der Waals surface area contributed by atoms with E-state index in [9.17, 15) is 9.59 Å². The van der Waals surface area contributed by atoms with Crippen LogP contribution in [0.3, 0.4) is 0 Å². The van der Waals surface area contributed by atoms with Crippen LogP contribution in [-0.2, 0) is 4.79 Å². The van der Waals surface area contributed by atoms with Gasteiger partial charge in [0.25, 0.3) is 5.56 Å². The van der Waals surface area contributed by atoms with E-state index in [-0.39, 0.29) is 23.4 Å². The highest BCUT2D eigenvalue weighted by molar-refractivity contribution is 7.18. The predicted octanol–water partition coefficient (Wildman–Crippen LogP) is 2.51. The van der Waals surface area contributed by atoms with Crippen molar-refractivity contribution in [1.29, 1.82) is 0 Å². The van der Waals surface area contributed by atoms with Gasteiger partial charge in [-0.15, -0.1) is 11.3 Å². The molecule has 6 nitrogen and oxygen atoms in total. The number of rotatable bonds is 4. The van der Waals surface area contributed by atoms with Gasteiger partial charge >= 0.3 is 0 Å². The lowest BCUT2D eigenvalue weighted by Crippen LogP contribution is -2.44. The maximum Gasteiger partial charge on any atom is 0.259 e. The van der Waals surface area contributed by atoms with Gasteiger partial charge in [0.05, 0.1) is 17.3 Å². The van der Waals surface area contributed by atoms with Crippen molar-refractivity contribution in [2.45, 2.75) is 46.6 Å². The van der Waals surface area contributed by atoms with Crippen molar-refractivity contribution in [3.8, 4) is 0 Å². The lowest BCUT2D eigenvalue weighted by Gasteiger charge is -2.35. The lowest BCUT2D eigenvalue weighted by molar-refractivity contribution is -0.126. The predicted molar refractivity (Wildman–Crippen MR) is 101 cm³/mol. The number of fused-ring (bicyclic) bond motifs is 1. The molecule has 2 unspecified atom stereocenters. The minimum absolute atomic E-state index is 0.0119. The zero-order valence-electron chi connectivity index (χ0n) is 15.3. The number of likely N-dealkylation sites (tertiary alicyclic amines) is 1. The zero-order chi connectivity index (χ0) is 18.1. The van der Waals surface area contributed by atoms with Crippen LogP contribution in [-0.4, -0.2) is 40.4 Å². The van der Waals surface area contributed by atoms with Crippen LogP contribution < -0.4 is 10.9 Å². The van der Waals surface area contributed by atoms with Crippen molar-refractivity contribution in [2.75, 3.05) is 19.6 Å². The molecule has 2 atom stereocenters. The maximum absolute atomic E-state index is 12.5. The summed E-state index contributed by atoms with van der Waals surface area (Å²) in [6, 6.07) is -0.0166. The summed E-state index contributed by atoms with van der Waals surface area (Å²) in [5.41, 5.74) is 0.952. The van der Waals surface area contributed by atoms with E-state index in [1.807, 2.05) is 20.8 Å². The molecule has 0 aliphatic carbocycles. The number of thiophene rings is 1. The summed E-state index contributed by atoms with van der Waals surface area (Å²) >= 11 is 1.57. The monoisotopic (exact) mass is 362 g/mol. The van der Waals surface area contributed by atoms with E-state index in [0.717, 1.165) is 34.7 Å². The van der Waals surface area contributed by atoms with Crippen LogP contribution in [0.15, 0.2) is 4.79 Å². The Labute approximate surface area is 151 Å². The molecule has 1 amide bonds. The number of hydrogen-bond acceptors (Lipinski definition) is 5. The van der Waals surface area contributed by atoms with Gasteiger partial charge in [0.1, 0.15) is 10.7 Å². The summed E-state index contributed by atoms with van der Waals surface area (Å²) < 4.78 is 0. The highest BCUT2D eigenvalue weighted by Gasteiger charge is 2.29. The molecule has 1 saturated heterocycles. The smallest absolute Gasteiger partial charge is 0.259 e. The van der Waals surface area contributed by atoms with E-state index in [2.05, 4.69) is 22.1 Å². The van der Waals surface area contributed by atoms with Crippen LogP contribution in [0.2, 0.25) is 0 Å². The Morgan fingerprint density at radius 2 is 2.24 bits per heavy atom. The minimum Gasteiger partial charge on any atom is -0.356 e. The molecular formula is C18H26N4O2S. The van der Waals surface area contributed by atoms with Crippen LogP contribution in [0, 0.1) is 19.8 Å². The van der Waals surface area contributed by atoms with Crippen molar-refractivity contribution in [1.82, 2.24) is 20.2 Å². The standard InChI is InChI=1S/C18H26N4O2S/c1-5-19-16(23)13-7-6-8-22(9-13)11(3)15-20-17(24)14-10(2)12(4)25-18(14)21-15/h11,13H,5-9H2,1-4H3,(H,19,23)(H,20,21,24). The summed E-state index contributed by atoms with van der Waals surface area (Å²) in [7, 11) is 0. The second-order valence-electron chi connectivity index (χ2n) is 6.82. The molecule has 0 saturated carbocycles. The van der Waals surface area contributed by atoms with Crippen LogP contribution >= 0.6 is 11.3 Å². The normalized spacial score (nSPS) is 19.9. The fourth-order valence-electron chi connectivity index (χ4n) is 3.53. The first kappa shape index (κ1) is 18.1. The number of piperidine rings is 1. The van der Waals surface area contributed by atoms with Crippen LogP contribution in [0.25, 0.3) is 10.2 Å². The summed E-state index contributed by atoms with van der Waals surface area (Å²) in [6.45, 7) is 10.3. The minimum atomic E-state index is -0.0639. The molecule has 2 aromatic heterocycles. The Kier molecular flexibility index (Phi) is 5.24. The topological polar surface area (TPSA) is 78.1 Å². The average molecular weight is 362 g/mol. The van der Waals surface area contributed by atoms with Gasteiger partial charge in [0.2, 0.25) is 5.91 Å².